The van der Waals surface area contributed by atoms with Crippen LogP contribution in [0.3, 0.4) is 0 Å². The Labute approximate surface area is 458 Å². The van der Waals surface area contributed by atoms with Crippen LogP contribution in [0.25, 0.3) is 0 Å². The molecule has 0 bridgehead atoms. The lowest BCUT2D eigenvalue weighted by Crippen LogP contribution is -2.44. The van der Waals surface area contributed by atoms with Crippen molar-refractivity contribution in [2.24, 2.45) is 0 Å². The van der Waals surface area contributed by atoms with Gasteiger partial charge in [0.25, 0.3) is 0 Å². The molecule has 0 spiro atoms. The van der Waals surface area contributed by atoms with Crippen LogP contribution in [-0.4, -0.2) is 82.3 Å². The minimum absolute atomic E-state index is 0.147. The molecule has 434 valence electrons. The maximum Gasteiger partial charge on any atom is 0.306 e. The van der Waals surface area contributed by atoms with E-state index in [1.54, 1.807) is 0 Å². The molecule has 9 heteroatoms. The molecule has 0 rings (SSSR count). The second kappa shape index (κ2) is 56.7. The summed E-state index contributed by atoms with van der Waals surface area (Å²) < 4.78 is 22.8. The van der Waals surface area contributed by atoms with E-state index in [1.807, 2.05) is 21.1 Å². The molecular formula is C65H121NO8. The van der Waals surface area contributed by atoms with Gasteiger partial charge < -0.3 is 33.3 Å². The third kappa shape index (κ3) is 57.2. The number of nitrogens with zero attached hydrogens (tertiary/aromatic N) is 1. The summed E-state index contributed by atoms with van der Waals surface area (Å²) >= 11 is 0. The molecule has 0 aromatic heterocycles. The fourth-order valence-electron chi connectivity index (χ4n) is 9.25. The van der Waals surface area contributed by atoms with Gasteiger partial charge in [-0.15, -0.1) is 0 Å². The van der Waals surface area contributed by atoms with Crippen molar-refractivity contribution in [2.75, 3.05) is 47.5 Å². The monoisotopic (exact) mass is 1040 g/mol. The first-order chi connectivity index (χ1) is 36.1. The van der Waals surface area contributed by atoms with Crippen molar-refractivity contribution in [2.45, 2.75) is 315 Å². The van der Waals surface area contributed by atoms with Crippen molar-refractivity contribution in [1.29, 1.82) is 0 Å². The predicted octanol–water partition coefficient (Wildman–Crippen LogP) is 17.5. The van der Waals surface area contributed by atoms with Crippen molar-refractivity contribution in [1.82, 2.24) is 0 Å². The number of ether oxygens (including phenoxy) is 4. The van der Waals surface area contributed by atoms with E-state index in [1.165, 1.54) is 212 Å². The summed E-state index contributed by atoms with van der Waals surface area (Å²) in [5.74, 6) is -2.27. The van der Waals surface area contributed by atoms with Crippen LogP contribution in [0.5, 0.6) is 0 Å². The molecule has 0 amide bonds. The van der Waals surface area contributed by atoms with Crippen molar-refractivity contribution in [3.63, 3.8) is 0 Å². The van der Waals surface area contributed by atoms with E-state index in [-0.39, 0.29) is 32.2 Å². The molecule has 0 aromatic rings. The smallest absolute Gasteiger partial charge is 0.306 e. The van der Waals surface area contributed by atoms with Gasteiger partial charge in [-0.2, -0.15) is 0 Å². The standard InChI is InChI=1S/C65H121NO8/c1-6-8-10-12-14-16-18-20-22-24-26-28-30-31-32-34-35-37-39-41-43-45-47-49-51-53-55-62(67)72-59-61(60-73-65(64(69)70)71-58-57-66(3,4)5)74-63(68)56-54-52-50-48-46-44-42-40-38-36-33-29-27-25-23-21-19-17-15-13-11-9-7-2/h19,21,25,27,33,36,61,65H,6-18,20,22-24,26,28-32,34-35,37-60H2,1-5H3/b21-19-,27-25-,36-33-. The molecule has 0 aliphatic rings. The van der Waals surface area contributed by atoms with Gasteiger partial charge in [0.15, 0.2) is 12.4 Å². The lowest BCUT2D eigenvalue weighted by atomic mass is 10.0. The predicted molar refractivity (Wildman–Crippen MR) is 311 cm³/mol. The van der Waals surface area contributed by atoms with Gasteiger partial charge in [-0.25, -0.2) is 0 Å². The SMILES string of the molecule is CCCCCCC/C=C\C/C=C\C/C=C\CCCCCCCCCCC(=O)OC(COC(=O)CCCCCCCCCCCCCCCCCCCCCCCCCCCC)COC(OCC[N+](C)(C)C)C(=O)[O-]. The molecule has 0 N–H and O–H groups in total. The number of carboxylic acids is 1. The highest BCUT2D eigenvalue weighted by molar-refractivity contribution is 5.70. The highest BCUT2D eigenvalue weighted by Gasteiger charge is 2.22. The van der Waals surface area contributed by atoms with Crippen molar-refractivity contribution in [3.05, 3.63) is 36.5 Å². The van der Waals surface area contributed by atoms with Gasteiger partial charge in [-0.3, -0.25) is 9.59 Å². The third-order valence-corrected chi connectivity index (χ3v) is 14.1. The lowest BCUT2D eigenvalue weighted by molar-refractivity contribution is -0.870. The minimum Gasteiger partial charge on any atom is -0.545 e. The number of carboxylic acid groups (broad SMARTS) is 1. The normalized spacial score (nSPS) is 12.9. The number of esters is 2. The third-order valence-electron chi connectivity index (χ3n) is 14.1. The molecule has 0 aliphatic heterocycles. The van der Waals surface area contributed by atoms with E-state index in [0.29, 0.717) is 23.9 Å². The van der Waals surface area contributed by atoms with Gasteiger partial charge in [0, 0.05) is 12.8 Å². The molecule has 0 aliphatic carbocycles. The molecule has 0 saturated heterocycles. The molecule has 2 atom stereocenters. The first-order valence-electron chi connectivity index (χ1n) is 31.6. The summed E-state index contributed by atoms with van der Waals surface area (Å²) in [4.78, 5) is 37.4. The zero-order chi connectivity index (χ0) is 54.1. The minimum atomic E-state index is -1.62. The van der Waals surface area contributed by atoms with Crippen LogP contribution in [0.2, 0.25) is 0 Å². The molecule has 0 aromatic carbocycles. The maximum atomic E-state index is 12.9. The van der Waals surface area contributed by atoms with Crippen LogP contribution in [0.4, 0.5) is 0 Å². The van der Waals surface area contributed by atoms with E-state index in [9.17, 15) is 19.5 Å². The van der Waals surface area contributed by atoms with Crippen LogP contribution in [0.15, 0.2) is 36.5 Å². The Bertz CT molecular complexity index is 1310. The van der Waals surface area contributed by atoms with Gasteiger partial charge in [-0.1, -0.05) is 275 Å². The summed E-state index contributed by atoms with van der Waals surface area (Å²) in [7, 11) is 5.93. The van der Waals surface area contributed by atoms with E-state index < -0.39 is 24.3 Å². The number of hydrogen-bond acceptors (Lipinski definition) is 8. The number of allylic oxidation sites excluding steroid dienone is 6. The molecule has 0 fully saturated rings. The largest absolute Gasteiger partial charge is 0.545 e. The van der Waals surface area contributed by atoms with Crippen molar-refractivity contribution in [3.8, 4) is 0 Å². The first-order valence-corrected chi connectivity index (χ1v) is 31.6. The summed E-state index contributed by atoms with van der Waals surface area (Å²) in [6.07, 6.45) is 66.3. The number of carbonyl (C=O) groups is 3. The first kappa shape index (κ1) is 71.5. The molecule has 74 heavy (non-hydrogen) atoms. The Morgan fingerprint density at radius 3 is 1.08 bits per heavy atom. The van der Waals surface area contributed by atoms with Crippen LogP contribution >= 0.6 is 0 Å². The Morgan fingerprint density at radius 1 is 0.405 bits per heavy atom. The van der Waals surface area contributed by atoms with E-state index >= 15 is 0 Å². The molecule has 9 nitrogen and oxygen atoms in total. The van der Waals surface area contributed by atoms with Crippen LogP contribution < -0.4 is 5.11 Å². The van der Waals surface area contributed by atoms with Gasteiger partial charge in [0.2, 0.25) is 0 Å². The van der Waals surface area contributed by atoms with Crippen molar-refractivity contribution < 1.29 is 42.9 Å². The lowest BCUT2D eigenvalue weighted by Gasteiger charge is -2.26. The topological polar surface area (TPSA) is 111 Å². The van der Waals surface area contributed by atoms with Crippen LogP contribution in [-0.2, 0) is 33.3 Å². The van der Waals surface area contributed by atoms with Gasteiger partial charge >= 0.3 is 11.9 Å². The van der Waals surface area contributed by atoms with E-state index in [4.69, 9.17) is 18.9 Å². The van der Waals surface area contributed by atoms with Gasteiger partial charge in [0.1, 0.15) is 13.2 Å². The summed E-state index contributed by atoms with van der Waals surface area (Å²) in [5.41, 5.74) is 0. The van der Waals surface area contributed by atoms with Crippen LogP contribution in [0, 0.1) is 0 Å². The van der Waals surface area contributed by atoms with E-state index in [0.717, 1.165) is 57.8 Å². The van der Waals surface area contributed by atoms with Crippen molar-refractivity contribution >= 4 is 17.9 Å². The van der Waals surface area contributed by atoms with Gasteiger partial charge in [0.05, 0.1) is 40.3 Å². The van der Waals surface area contributed by atoms with Gasteiger partial charge in [-0.05, 0) is 51.4 Å². The number of carbonyl (C=O) groups excluding carboxylic acids is 3. The maximum absolute atomic E-state index is 12.9. The number of hydrogen-bond donors (Lipinski definition) is 0. The number of unbranched alkanes of at least 4 members (excludes halogenated alkanes) is 38. The highest BCUT2D eigenvalue weighted by Crippen LogP contribution is 2.18. The second-order valence-electron chi connectivity index (χ2n) is 22.7. The number of aliphatic carboxylic acids is 1. The fraction of sp³-hybridized carbons (Fsp3) is 0.862. The Morgan fingerprint density at radius 2 is 0.730 bits per heavy atom. The zero-order valence-corrected chi connectivity index (χ0v) is 49.5. The molecule has 0 saturated carbocycles. The van der Waals surface area contributed by atoms with Crippen LogP contribution in [0.1, 0.15) is 303 Å². The fourth-order valence-corrected chi connectivity index (χ4v) is 9.25. The number of rotatable bonds is 59. The summed E-state index contributed by atoms with van der Waals surface area (Å²) in [6, 6.07) is 0. The Kier molecular flexibility index (Phi) is 54.8. The average Bonchev–Trinajstić information content (AvgIpc) is 3.37. The Balaban J connectivity index is 4.17. The molecular weight excluding hydrogens is 923 g/mol. The summed E-state index contributed by atoms with van der Waals surface area (Å²) in [5, 5.41) is 11.8. The Hall–Kier alpha value is -2.49. The number of quaternary nitrogens is 1. The highest BCUT2D eigenvalue weighted by atomic mass is 16.7. The number of likely N-dealkylation sites (N-methyl/N-ethyl adjacent to an activating group) is 1. The summed E-state index contributed by atoms with van der Waals surface area (Å²) in [6.45, 7) is 4.78. The second-order valence-corrected chi connectivity index (χ2v) is 22.7. The quantitative estimate of drug-likeness (QED) is 0.0195. The molecule has 0 heterocycles. The van der Waals surface area contributed by atoms with E-state index in [2.05, 4.69) is 50.3 Å². The average molecular weight is 1040 g/mol. The molecule has 0 radical (unpaired) electrons. The molecule has 2 unspecified atom stereocenters. The zero-order valence-electron chi connectivity index (χ0n) is 49.5.